The largest absolute Gasteiger partial charge is 0.490 e. The highest BCUT2D eigenvalue weighted by Gasteiger charge is 2.21. The van der Waals surface area contributed by atoms with Gasteiger partial charge in [0.1, 0.15) is 0 Å². The number of aromatic nitrogens is 2. The minimum Gasteiger partial charge on any atom is -0.490 e. The van der Waals surface area contributed by atoms with E-state index in [2.05, 4.69) is 16.8 Å². The van der Waals surface area contributed by atoms with Gasteiger partial charge in [-0.05, 0) is 57.9 Å². The second-order valence-electron chi connectivity index (χ2n) is 7.19. The lowest BCUT2D eigenvalue weighted by molar-refractivity contribution is 0.138. The number of fused-ring (bicyclic) bond motifs is 1. The minimum atomic E-state index is -0.0761. The number of nitrogens with zero attached hydrogens (tertiary/aromatic N) is 2. The fourth-order valence-corrected chi connectivity index (χ4v) is 4.33. The number of hydrogen-bond donors (Lipinski definition) is 1. The van der Waals surface area contributed by atoms with Crippen LogP contribution in [0.4, 0.5) is 0 Å². The molecule has 0 amide bonds. The predicted octanol–water partition coefficient (Wildman–Crippen LogP) is 4.12. The van der Waals surface area contributed by atoms with Crippen LogP contribution in [-0.4, -0.2) is 46.8 Å². The Labute approximate surface area is 171 Å². The smallest absolute Gasteiger partial charge is 0.262 e. The van der Waals surface area contributed by atoms with E-state index in [4.69, 9.17) is 21.7 Å². The molecule has 1 aromatic heterocycles. The van der Waals surface area contributed by atoms with Crippen LogP contribution >= 0.6 is 12.2 Å². The van der Waals surface area contributed by atoms with E-state index in [-0.39, 0.29) is 5.56 Å². The third kappa shape index (κ3) is 4.41. The summed E-state index contributed by atoms with van der Waals surface area (Å²) in [6.45, 7) is 9.65. The molecule has 2 heterocycles. The summed E-state index contributed by atoms with van der Waals surface area (Å²) in [6, 6.07) is 4.19. The number of H-pyrrole nitrogens is 1. The van der Waals surface area contributed by atoms with E-state index in [9.17, 15) is 4.79 Å². The summed E-state index contributed by atoms with van der Waals surface area (Å²) in [7, 11) is 0. The summed E-state index contributed by atoms with van der Waals surface area (Å²) >= 11 is 5.50. The SMILES string of the molecule is CCOc1cc2[nH]c(=S)n(CCN3CCCC[C@@H]3CC)c(=O)c2cc1OCC. The van der Waals surface area contributed by atoms with Gasteiger partial charge in [-0.3, -0.25) is 14.3 Å². The number of piperidine rings is 1. The monoisotopic (exact) mass is 405 g/mol. The molecule has 0 unspecified atom stereocenters. The Morgan fingerprint density at radius 2 is 1.82 bits per heavy atom. The lowest BCUT2D eigenvalue weighted by Crippen LogP contribution is -2.42. The zero-order valence-corrected chi connectivity index (χ0v) is 17.9. The topological polar surface area (TPSA) is 59.5 Å². The maximum Gasteiger partial charge on any atom is 0.262 e. The average molecular weight is 406 g/mol. The molecule has 1 aliphatic rings. The second-order valence-corrected chi connectivity index (χ2v) is 7.58. The van der Waals surface area contributed by atoms with Crippen molar-refractivity contribution in [1.82, 2.24) is 14.5 Å². The van der Waals surface area contributed by atoms with Crippen LogP contribution in [0.25, 0.3) is 10.9 Å². The van der Waals surface area contributed by atoms with Gasteiger partial charge in [0.15, 0.2) is 16.3 Å². The Morgan fingerprint density at radius 3 is 2.50 bits per heavy atom. The molecule has 1 aromatic carbocycles. The van der Waals surface area contributed by atoms with Crippen LogP contribution in [0.1, 0.15) is 46.5 Å². The van der Waals surface area contributed by atoms with E-state index in [0.29, 0.717) is 53.0 Å². The van der Waals surface area contributed by atoms with Crippen LogP contribution < -0.4 is 15.0 Å². The molecule has 0 saturated carbocycles. The van der Waals surface area contributed by atoms with Gasteiger partial charge in [-0.25, -0.2) is 0 Å². The fraction of sp³-hybridized carbons (Fsp3) is 0.619. The number of benzene rings is 1. The third-order valence-corrected chi connectivity index (χ3v) is 5.80. The van der Waals surface area contributed by atoms with Crippen LogP contribution in [0.3, 0.4) is 0 Å². The summed E-state index contributed by atoms with van der Waals surface area (Å²) in [5, 5.41) is 0.575. The number of aromatic amines is 1. The lowest BCUT2D eigenvalue weighted by Gasteiger charge is -2.35. The first kappa shape index (κ1) is 20.9. The van der Waals surface area contributed by atoms with Crippen molar-refractivity contribution in [1.29, 1.82) is 0 Å². The molecule has 2 aromatic rings. The maximum absolute atomic E-state index is 13.2. The highest BCUT2D eigenvalue weighted by molar-refractivity contribution is 7.71. The van der Waals surface area contributed by atoms with Crippen molar-refractivity contribution in [3.63, 3.8) is 0 Å². The normalized spacial score (nSPS) is 17.8. The van der Waals surface area contributed by atoms with Crippen molar-refractivity contribution >= 4 is 23.1 Å². The van der Waals surface area contributed by atoms with E-state index < -0.39 is 0 Å². The van der Waals surface area contributed by atoms with Gasteiger partial charge in [0.25, 0.3) is 5.56 Å². The predicted molar refractivity (Wildman–Crippen MR) is 115 cm³/mol. The van der Waals surface area contributed by atoms with Crippen molar-refractivity contribution < 1.29 is 9.47 Å². The van der Waals surface area contributed by atoms with Crippen LogP contribution in [0, 0.1) is 4.77 Å². The van der Waals surface area contributed by atoms with E-state index in [1.807, 2.05) is 19.9 Å². The van der Waals surface area contributed by atoms with Crippen LogP contribution in [0.2, 0.25) is 0 Å². The van der Waals surface area contributed by atoms with Gasteiger partial charge >= 0.3 is 0 Å². The Morgan fingerprint density at radius 1 is 1.11 bits per heavy atom. The highest BCUT2D eigenvalue weighted by atomic mass is 32.1. The molecule has 0 radical (unpaired) electrons. The minimum absolute atomic E-state index is 0.0761. The molecular weight excluding hydrogens is 374 g/mol. The van der Waals surface area contributed by atoms with Gasteiger partial charge in [0.05, 0.1) is 24.1 Å². The number of nitrogens with one attached hydrogen (secondary N) is 1. The van der Waals surface area contributed by atoms with Gasteiger partial charge in [-0.1, -0.05) is 13.3 Å². The standard InChI is InChI=1S/C21H31N3O3S/c1-4-15-9-7-8-10-23(15)11-12-24-20(25)16-13-18(26-5-2)19(27-6-3)14-17(16)22-21(24)28/h13-15H,4-12H2,1-3H3,(H,22,28)/t15-/m0/s1. The molecular formula is C21H31N3O3S. The molecule has 6 nitrogen and oxygen atoms in total. The summed E-state index contributed by atoms with van der Waals surface area (Å²) < 4.78 is 13.5. The van der Waals surface area contributed by atoms with E-state index >= 15 is 0 Å². The maximum atomic E-state index is 13.2. The van der Waals surface area contributed by atoms with E-state index in [0.717, 1.165) is 19.5 Å². The van der Waals surface area contributed by atoms with Crippen LogP contribution in [0.5, 0.6) is 11.5 Å². The first-order valence-electron chi connectivity index (χ1n) is 10.4. The molecule has 3 rings (SSSR count). The van der Waals surface area contributed by atoms with E-state index in [1.54, 1.807) is 10.6 Å². The summed E-state index contributed by atoms with van der Waals surface area (Å²) in [6.07, 6.45) is 4.92. The molecule has 1 aliphatic heterocycles. The summed E-state index contributed by atoms with van der Waals surface area (Å²) in [5.74, 6) is 1.21. The number of hydrogen-bond acceptors (Lipinski definition) is 5. The van der Waals surface area contributed by atoms with Gasteiger partial charge in [-0.2, -0.15) is 0 Å². The van der Waals surface area contributed by atoms with Crippen LogP contribution in [-0.2, 0) is 6.54 Å². The van der Waals surface area contributed by atoms with Crippen molar-refractivity contribution in [3.05, 3.63) is 27.3 Å². The first-order chi connectivity index (χ1) is 13.6. The Hall–Kier alpha value is -1.86. The Kier molecular flexibility index (Phi) is 7.13. The van der Waals surface area contributed by atoms with Gasteiger partial charge in [0.2, 0.25) is 0 Å². The molecule has 1 fully saturated rings. The third-order valence-electron chi connectivity index (χ3n) is 5.48. The zero-order valence-electron chi connectivity index (χ0n) is 17.1. The van der Waals surface area contributed by atoms with Gasteiger partial charge in [0, 0.05) is 25.2 Å². The number of likely N-dealkylation sites (tertiary alicyclic amines) is 1. The molecule has 154 valence electrons. The van der Waals surface area contributed by atoms with Gasteiger partial charge < -0.3 is 14.5 Å². The molecule has 0 spiro atoms. The van der Waals surface area contributed by atoms with Crippen molar-refractivity contribution in [2.24, 2.45) is 0 Å². The molecule has 7 heteroatoms. The summed E-state index contributed by atoms with van der Waals surface area (Å²) in [5.41, 5.74) is 0.607. The van der Waals surface area contributed by atoms with Crippen LogP contribution in [0.15, 0.2) is 16.9 Å². The first-order valence-corrected chi connectivity index (χ1v) is 10.8. The summed E-state index contributed by atoms with van der Waals surface area (Å²) in [4.78, 5) is 18.9. The van der Waals surface area contributed by atoms with Crippen molar-refractivity contribution in [2.45, 2.75) is 59.0 Å². The van der Waals surface area contributed by atoms with Crippen molar-refractivity contribution in [3.8, 4) is 11.5 Å². The Balaban J connectivity index is 1.93. The molecule has 0 bridgehead atoms. The fourth-order valence-electron chi connectivity index (χ4n) is 4.05. The molecule has 28 heavy (non-hydrogen) atoms. The second kappa shape index (κ2) is 9.56. The molecule has 0 aliphatic carbocycles. The van der Waals surface area contributed by atoms with Gasteiger partial charge in [-0.15, -0.1) is 0 Å². The molecule has 1 saturated heterocycles. The lowest BCUT2D eigenvalue weighted by atomic mass is 10.0. The van der Waals surface area contributed by atoms with E-state index in [1.165, 1.54) is 19.3 Å². The highest BCUT2D eigenvalue weighted by Crippen LogP contribution is 2.31. The number of ether oxygens (including phenoxy) is 2. The molecule has 1 N–H and O–H groups in total. The average Bonchev–Trinajstić information content (AvgIpc) is 2.69. The Bertz CT molecular complexity index is 921. The van der Waals surface area contributed by atoms with Crippen molar-refractivity contribution in [2.75, 3.05) is 26.3 Å². The number of rotatable bonds is 8. The molecule has 1 atom stereocenters. The quantitative estimate of drug-likeness (QED) is 0.670. The zero-order chi connectivity index (χ0) is 20.1.